The molecule has 1 aliphatic heterocycles. The van der Waals surface area contributed by atoms with Crippen LogP contribution in [0.5, 0.6) is 0 Å². The van der Waals surface area contributed by atoms with Gasteiger partial charge in [-0.25, -0.2) is 8.42 Å². The minimum atomic E-state index is -3.55. The highest BCUT2D eigenvalue weighted by atomic mass is 32.2. The minimum absolute atomic E-state index is 0.198. The van der Waals surface area contributed by atoms with E-state index in [1.54, 1.807) is 12.3 Å². The van der Waals surface area contributed by atoms with Crippen LogP contribution in [0.3, 0.4) is 0 Å². The smallest absolute Gasteiger partial charge is 0.243 e. The number of aromatic nitrogens is 1. The van der Waals surface area contributed by atoms with Crippen LogP contribution in [0, 0.1) is 11.3 Å². The Bertz CT molecular complexity index is 767. The zero-order valence-corrected chi connectivity index (χ0v) is 11.3. The van der Waals surface area contributed by atoms with Gasteiger partial charge in [0, 0.05) is 12.7 Å². The van der Waals surface area contributed by atoms with Crippen LogP contribution in [0.4, 0.5) is 0 Å². The number of benzene rings is 1. The summed E-state index contributed by atoms with van der Waals surface area (Å²) in [5.74, 6) is 0. The summed E-state index contributed by atoms with van der Waals surface area (Å²) >= 11 is 0. The fourth-order valence-corrected chi connectivity index (χ4v) is 3.57. The van der Waals surface area contributed by atoms with E-state index in [4.69, 9.17) is 5.26 Å². The maximum Gasteiger partial charge on any atom is 0.243 e. The number of hydrogen-bond acceptors (Lipinski definition) is 4. The van der Waals surface area contributed by atoms with E-state index in [1.807, 2.05) is 12.1 Å². The Morgan fingerprint density at radius 1 is 1.15 bits per heavy atom. The third kappa shape index (κ3) is 2.07. The zero-order valence-electron chi connectivity index (χ0n) is 10.5. The molecule has 5 nitrogen and oxygen atoms in total. The molecule has 3 rings (SSSR count). The van der Waals surface area contributed by atoms with Crippen LogP contribution >= 0.6 is 0 Å². The monoisotopic (exact) mass is 285 g/mol. The van der Waals surface area contributed by atoms with Gasteiger partial charge in [0.2, 0.25) is 10.0 Å². The van der Waals surface area contributed by atoms with Gasteiger partial charge >= 0.3 is 0 Å². The van der Waals surface area contributed by atoms with E-state index in [1.165, 1.54) is 28.6 Å². The van der Waals surface area contributed by atoms with E-state index >= 15 is 0 Å². The van der Waals surface area contributed by atoms with Crippen molar-refractivity contribution in [3.05, 3.63) is 59.4 Å². The van der Waals surface area contributed by atoms with Gasteiger partial charge in [0.1, 0.15) is 0 Å². The number of sulfonamides is 1. The van der Waals surface area contributed by atoms with Gasteiger partial charge in [0.25, 0.3) is 0 Å². The normalized spacial score (nSPS) is 14.8. The summed E-state index contributed by atoms with van der Waals surface area (Å²) in [6, 6.07) is 11.6. The molecule has 0 aliphatic carbocycles. The molecule has 0 radical (unpaired) electrons. The maximum atomic E-state index is 12.5. The largest absolute Gasteiger partial charge is 0.260 e. The summed E-state index contributed by atoms with van der Waals surface area (Å²) in [6.45, 7) is 0.629. The molecular weight excluding hydrogens is 274 g/mol. The molecule has 0 atom stereocenters. The zero-order chi connectivity index (χ0) is 14.2. The van der Waals surface area contributed by atoms with E-state index in [2.05, 4.69) is 4.98 Å². The summed E-state index contributed by atoms with van der Waals surface area (Å²) < 4.78 is 26.4. The molecule has 0 saturated heterocycles. The Balaban J connectivity index is 1.92. The van der Waals surface area contributed by atoms with E-state index in [0.717, 1.165) is 11.3 Å². The summed E-state index contributed by atoms with van der Waals surface area (Å²) in [6.07, 6.45) is 1.66. The van der Waals surface area contributed by atoms with Gasteiger partial charge in [-0.15, -0.1) is 0 Å². The van der Waals surface area contributed by atoms with Crippen LogP contribution < -0.4 is 0 Å². The Labute approximate surface area is 117 Å². The second kappa shape index (κ2) is 4.71. The number of nitrogens with zero attached hydrogens (tertiary/aromatic N) is 3. The summed E-state index contributed by atoms with van der Waals surface area (Å²) in [7, 11) is -3.55. The maximum absolute atomic E-state index is 12.5. The average Bonchev–Trinajstić information content (AvgIpc) is 2.92. The van der Waals surface area contributed by atoms with Gasteiger partial charge in [0.15, 0.2) is 0 Å². The second-order valence-corrected chi connectivity index (χ2v) is 6.46. The Morgan fingerprint density at radius 3 is 2.55 bits per heavy atom. The highest BCUT2D eigenvalue weighted by Crippen LogP contribution is 2.27. The molecule has 20 heavy (non-hydrogen) atoms. The molecule has 0 bridgehead atoms. The molecule has 1 aromatic carbocycles. The summed E-state index contributed by atoms with van der Waals surface area (Å²) in [5, 5.41) is 8.74. The first kappa shape index (κ1) is 12.8. The molecule has 2 heterocycles. The molecule has 100 valence electrons. The fourth-order valence-electron chi connectivity index (χ4n) is 2.19. The molecule has 1 aromatic heterocycles. The van der Waals surface area contributed by atoms with E-state index in [-0.39, 0.29) is 4.90 Å². The van der Waals surface area contributed by atoms with Crippen molar-refractivity contribution in [2.75, 3.05) is 0 Å². The van der Waals surface area contributed by atoms with Crippen LogP contribution in [0.2, 0.25) is 0 Å². The number of fused-ring (bicyclic) bond motifs is 1. The lowest BCUT2D eigenvalue weighted by molar-refractivity contribution is 0.430. The number of rotatable bonds is 2. The third-order valence-electron chi connectivity index (χ3n) is 3.28. The quantitative estimate of drug-likeness (QED) is 0.841. The lowest BCUT2D eigenvalue weighted by Crippen LogP contribution is -2.25. The first-order chi connectivity index (χ1) is 9.61. The number of nitriles is 1. The third-order valence-corrected chi connectivity index (χ3v) is 5.08. The van der Waals surface area contributed by atoms with Crippen LogP contribution in [-0.4, -0.2) is 17.7 Å². The average molecular weight is 285 g/mol. The first-order valence-corrected chi connectivity index (χ1v) is 7.48. The van der Waals surface area contributed by atoms with Gasteiger partial charge in [0.05, 0.1) is 28.8 Å². The van der Waals surface area contributed by atoms with Crippen LogP contribution in [-0.2, 0) is 23.1 Å². The molecule has 0 saturated carbocycles. The van der Waals surface area contributed by atoms with Crippen molar-refractivity contribution in [1.82, 2.24) is 9.29 Å². The van der Waals surface area contributed by atoms with E-state index < -0.39 is 10.0 Å². The van der Waals surface area contributed by atoms with Gasteiger partial charge < -0.3 is 0 Å². The first-order valence-electron chi connectivity index (χ1n) is 6.04. The molecule has 2 aromatic rings. The molecule has 0 spiro atoms. The highest BCUT2D eigenvalue weighted by Gasteiger charge is 2.31. The molecule has 1 aliphatic rings. The summed E-state index contributed by atoms with van der Waals surface area (Å²) in [5.41, 5.74) is 2.17. The lowest BCUT2D eigenvalue weighted by Gasteiger charge is -2.15. The molecule has 0 amide bonds. The van der Waals surface area contributed by atoms with E-state index in [9.17, 15) is 8.42 Å². The Hall–Kier alpha value is -2.23. The SMILES string of the molecule is N#Cc1ccc(S(=O)(=O)N2Cc3cccnc3C2)cc1. The second-order valence-electron chi connectivity index (χ2n) is 4.52. The highest BCUT2D eigenvalue weighted by molar-refractivity contribution is 7.89. The molecule has 0 N–H and O–H groups in total. The Kier molecular flexibility index (Phi) is 3.01. The molecule has 6 heteroatoms. The van der Waals surface area contributed by atoms with E-state index in [0.29, 0.717) is 18.7 Å². The van der Waals surface area contributed by atoms with Crippen molar-refractivity contribution in [2.24, 2.45) is 0 Å². The number of pyridine rings is 1. The van der Waals surface area contributed by atoms with Crippen LogP contribution in [0.1, 0.15) is 16.8 Å². The molecule has 0 fully saturated rings. The van der Waals surface area contributed by atoms with Crippen molar-refractivity contribution in [3.8, 4) is 6.07 Å². The minimum Gasteiger partial charge on any atom is -0.260 e. The van der Waals surface area contributed by atoms with Gasteiger partial charge in [-0.1, -0.05) is 6.07 Å². The molecular formula is C14H11N3O2S. The molecule has 0 unspecified atom stereocenters. The van der Waals surface area contributed by atoms with Gasteiger partial charge in [-0.3, -0.25) is 4.98 Å². The lowest BCUT2D eigenvalue weighted by atomic mass is 10.2. The van der Waals surface area contributed by atoms with Crippen molar-refractivity contribution < 1.29 is 8.42 Å². The van der Waals surface area contributed by atoms with Gasteiger partial charge in [-0.05, 0) is 35.9 Å². The fraction of sp³-hybridized carbons (Fsp3) is 0.143. The van der Waals surface area contributed by atoms with Crippen molar-refractivity contribution in [1.29, 1.82) is 5.26 Å². The topological polar surface area (TPSA) is 74.1 Å². The predicted octanol–water partition coefficient (Wildman–Crippen LogP) is 1.66. The standard InChI is InChI=1S/C14H11N3O2S/c15-8-11-3-5-13(6-4-11)20(18,19)17-9-12-2-1-7-16-14(12)10-17/h1-7H,9-10H2. The van der Waals surface area contributed by atoms with Crippen molar-refractivity contribution in [3.63, 3.8) is 0 Å². The van der Waals surface area contributed by atoms with Gasteiger partial charge in [-0.2, -0.15) is 9.57 Å². The van der Waals surface area contributed by atoms with Crippen molar-refractivity contribution in [2.45, 2.75) is 18.0 Å². The number of hydrogen-bond donors (Lipinski definition) is 0. The Morgan fingerprint density at radius 2 is 1.90 bits per heavy atom. The van der Waals surface area contributed by atoms with Crippen molar-refractivity contribution >= 4 is 10.0 Å². The van der Waals surface area contributed by atoms with Crippen LogP contribution in [0.15, 0.2) is 47.5 Å². The van der Waals surface area contributed by atoms with Crippen LogP contribution in [0.25, 0.3) is 0 Å². The predicted molar refractivity (Wildman–Crippen MR) is 71.8 cm³/mol. The summed E-state index contributed by atoms with van der Waals surface area (Å²) in [4.78, 5) is 4.39.